The fourth-order valence-electron chi connectivity index (χ4n) is 1.35. The van der Waals surface area contributed by atoms with Gasteiger partial charge in [-0.2, -0.15) is 0 Å². The van der Waals surface area contributed by atoms with Crippen molar-refractivity contribution in [1.29, 1.82) is 0 Å². The van der Waals surface area contributed by atoms with E-state index in [1.165, 1.54) is 7.11 Å². The van der Waals surface area contributed by atoms with E-state index in [1.807, 2.05) is 6.07 Å². The number of carboxylic acids is 1. The van der Waals surface area contributed by atoms with E-state index in [9.17, 15) is 9.59 Å². The Labute approximate surface area is 115 Å². The summed E-state index contributed by atoms with van der Waals surface area (Å²) in [6.07, 6.45) is -1.06. The minimum Gasteiger partial charge on any atom is -0.479 e. The van der Waals surface area contributed by atoms with Crippen LogP contribution in [0.4, 0.5) is 4.79 Å². The van der Waals surface area contributed by atoms with Gasteiger partial charge >= 0.3 is 12.0 Å². The summed E-state index contributed by atoms with van der Waals surface area (Å²) in [5, 5.41) is 14.3. The quantitative estimate of drug-likeness (QED) is 0.734. The van der Waals surface area contributed by atoms with Crippen molar-refractivity contribution in [3.8, 4) is 0 Å². The standard InChI is InChI=1S/C12H15ClN2O4/c1-19-10(11(16)17)7-15-12(18)14-6-8-3-2-4-9(13)5-8/h2-5,10H,6-7H2,1H3,(H,16,17)(H2,14,15,18). The second-order valence-corrected chi connectivity index (χ2v) is 4.19. The minimum absolute atomic E-state index is 0.104. The predicted octanol–water partition coefficient (Wildman–Crippen LogP) is 1.24. The molecule has 0 bridgehead atoms. The van der Waals surface area contributed by atoms with Crippen LogP contribution in [0.3, 0.4) is 0 Å². The van der Waals surface area contributed by atoms with E-state index in [0.29, 0.717) is 11.6 Å². The Morgan fingerprint density at radius 2 is 2.16 bits per heavy atom. The average molecular weight is 287 g/mol. The molecule has 0 aromatic heterocycles. The number of rotatable bonds is 6. The molecular weight excluding hydrogens is 272 g/mol. The molecule has 7 heteroatoms. The normalized spacial score (nSPS) is 11.7. The van der Waals surface area contributed by atoms with Gasteiger partial charge in [-0.25, -0.2) is 9.59 Å². The number of ether oxygens (including phenoxy) is 1. The van der Waals surface area contributed by atoms with E-state index in [1.54, 1.807) is 18.2 Å². The van der Waals surface area contributed by atoms with E-state index < -0.39 is 18.1 Å². The highest BCUT2D eigenvalue weighted by Crippen LogP contribution is 2.10. The number of methoxy groups -OCH3 is 1. The van der Waals surface area contributed by atoms with E-state index in [-0.39, 0.29) is 6.54 Å². The molecule has 0 saturated heterocycles. The number of nitrogens with one attached hydrogen (secondary N) is 2. The molecule has 3 N–H and O–H groups in total. The minimum atomic E-state index is -1.13. The highest BCUT2D eigenvalue weighted by Gasteiger charge is 2.16. The largest absolute Gasteiger partial charge is 0.479 e. The summed E-state index contributed by atoms with van der Waals surface area (Å²) in [6.45, 7) is 0.199. The number of hydrogen-bond acceptors (Lipinski definition) is 3. The first-order valence-corrected chi connectivity index (χ1v) is 5.92. The predicted molar refractivity (Wildman–Crippen MR) is 70.1 cm³/mol. The van der Waals surface area contributed by atoms with Crippen LogP contribution in [0.15, 0.2) is 24.3 Å². The highest BCUT2D eigenvalue weighted by molar-refractivity contribution is 6.30. The molecule has 1 rings (SSSR count). The second-order valence-electron chi connectivity index (χ2n) is 3.76. The highest BCUT2D eigenvalue weighted by atomic mass is 35.5. The lowest BCUT2D eigenvalue weighted by Gasteiger charge is -2.12. The molecule has 0 spiro atoms. The Hall–Kier alpha value is -1.79. The van der Waals surface area contributed by atoms with Crippen molar-refractivity contribution < 1.29 is 19.4 Å². The van der Waals surface area contributed by atoms with Crippen LogP contribution in [-0.2, 0) is 16.1 Å². The average Bonchev–Trinajstić information content (AvgIpc) is 2.37. The third-order valence-electron chi connectivity index (χ3n) is 2.35. The summed E-state index contributed by atoms with van der Waals surface area (Å²) in [6, 6.07) is 6.60. The Kier molecular flexibility index (Phi) is 6.11. The van der Waals surface area contributed by atoms with Crippen LogP contribution in [0.5, 0.6) is 0 Å². The molecular formula is C12H15ClN2O4. The number of hydrogen-bond donors (Lipinski definition) is 3. The number of amides is 2. The third-order valence-corrected chi connectivity index (χ3v) is 2.59. The van der Waals surface area contributed by atoms with Crippen LogP contribution >= 0.6 is 11.6 Å². The maximum absolute atomic E-state index is 11.4. The number of aliphatic carboxylic acids is 1. The van der Waals surface area contributed by atoms with Gasteiger partial charge in [-0.15, -0.1) is 0 Å². The molecule has 2 amide bonds. The summed E-state index contributed by atoms with van der Waals surface area (Å²) in [4.78, 5) is 22.1. The van der Waals surface area contributed by atoms with Gasteiger partial charge in [-0.3, -0.25) is 0 Å². The monoisotopic (exact) mass is 286 g/mol. The molecule has 0 radical (unpaired) electrons. The zero-order valence-corrected chi connectivity index (χ0v) is 11.1. The van der Waals surface area contributed by atoms with E-state index >= 15 is 0 Å². The van der Waals surface area contributed by atoms with Crippen molar-refractivity contribution in [3.05, 3.63) is 34.9 Å². The summed E-state index contributed by atoms with van der Waals surface area (Å²) >= 11 is 5.81. The number of urea groups is 1. The van der Waals surface area contributed by atoms with Crippen LogP contribution in [0.1, 0.15) is 5.56 Å². The Bertz CT molecular complexity index is 453. The maximum Gasteiger partial charge on any atom is 0.334 e. The molecule has 1 unspecified atom stereocenters. The second kappa shape index (κ2) is 7.60. The van der Waals surface area contributed by atoms with Gasteiger partial charge < -0.3 is 20.5 Å². The number of carbonyl (C=O) groups is 2. The van der Waals surface area contributed by atoms with Crippen molar-refractivity contribution in [2.75, 3.05) is 13.7 Å². The van der Waals surface area contributed by atoms with Gasteiger partial charge in [0, 0.05) is 18.7 Å². The molecule has 0 aliphatic carbocycles. The van der Waals surface area contributed by atoms with Crippen molar-refractivity contribution in [2.45, 2.75) is 12.6 Å². The molecule has 0 saturated carbocycles. The fraction of sp³-hybridized carbons (Fsp3) is 0.333. The SMILES string of the molecule is COC(CNC(=O)NCc1cccc(Cl)c1)C(=O)O. The van der Waals surface area contributed by atoms with Crippen LogP contribution < -0.4 is 10.6 Å². The first kappa shape index (κ1) is 15.3. The van der Waals surface area contributed by atoms with Crippen LogP contribution in [0, 0.1) is 0 Å². The van der Waals surface area contributed by atoms with Gasteiger partial charge in [0.05, 0.1) is 6.54 Å². The zero-order chi connectivity index (χ0) is 14.3. The zero-order valence-electron chi connectivity index (χ0n) is 10.4. The van der Waals surface area contributed by atoms with Gasteiger partial charge in [0.1, 0.15) is 0 Å². The molecule has 0 heterocycles. The van der Waals surface area contributed by atoms with Crippen LogP contribution in [0.25, 0.3) is 0 Å². The molecule has 6 nitrogen and oxygen atoms in total. The van der Waals surface area contributed by atoms with Crippen molar-refractivity contribution in [3.63, 3.8) is 0 Å². The molecule has 0 aliphatic rings. The lowest BCUT2D eigenvalue weighted by molar-refractivity contribution is -0.147. The fourth-order valence-corrected chi connectivity index (χ4v) is 1.56. The summed E-state index contributed by atoms with van der Waals surface area (Å²) in [7, 11) is 1.27. The maximum atomic E-state index is 11.4. The van der Waals surface area contributed by atoms with Gasteiger partial charge in [0.25, 0.3) is 0 Å². The lowest BCUT2D eigenvalue weighted by atomic mass is 10.2. The Morgan fingerprint density at radius 3 is 2.74 bits per heavy atom. The Morgan fingerprint density at radius 1 is 1.42 bits per heavy atom. The summed E-state index contributed by atoms with van der Waals surface area (Å²) < 4.78 is 4.68. The van der Waals surface area contributed by atoms with Crippen molar-refractivity contribution in [1.82, 2.24) is 10.6 Å². The van der Waals surface area contributed by atoms with E-state index in [4.69, 9.17) is 16.7 Å². The number of benzene rings is 1. The Balaban J connectivity index is 2.34. The summed E-state index contributed by atoms with van der Waals surface area (Å²) in [5.74, 6) is -1.13. The van der Waals surface area contributed by atoms with Gasteiger partial charge in [0.15, 0.2) is 6.10 Å². The van der Waals surface area contributed by atoms with E-state index in [2.05, 4.69) is 15.4 Å². The number of halogens is 1. The first-order chi connectivity index (χ1) is 9.02. The number of carboxylic acid groups (broad SMARTS) is 1. The van der Waals surface area contributed by atoms with Crippen LogP contribution in [-0.4, -0.2) is 36.9 Å². The van der Waals surface area contributed by atoms with Crippen LogP contribution in [0.2, 0.25) is 5.02 Å². The molecule has 1 atom stereocenters. The smallest absolute Gasteiger partial charge is 0.334 e. The van der Waals surface area contributed by atoms with Crippen molar-refractivity contribution in [2.24, 2.45) is 0 Å². The molecule has 19 heavy (non-hydrogen) atoms. The number of carbonyl (C=O) groups excluding carboxylic acids is 1. The molecule has 0 fully saturated rings. The topological polar surface area (TPSA) is 87.7 Å². The summed E-state index contributed by atoms with van der Waals surface area (Å²) in [5.41, 5.74) is 0.851. The molecule has 1 aromatic carbocycles. The van der Waals surface area contributed by atoms with Crippen molar-refractivity contribution >= 4 is 23.6 Å². The van der Waals surface area contributed by atoms with Gasteiger partial charge in [0.2, 0.25) is 0 Å². The van der Waals surface area contributed by atoms with Gasteiger partial charge in [-0.05, 0) is 17.7 Å². The first-order valence-electron chi connectivity index (χ1n) is 5.54. The lowest BCUT2D eigenvalue weighted by Crippen LogP contribution is -2.42. The van der Waals surface area contributed by atoms with Gasteiger partial charge in [-0.1, -0.05) is 23.7 Å². The molecule has 0 aliphatic heterocycles. The third kappa shape index (κ3) is 5.58. The molecule has 104 valence electrons. The van der Waals surface area contributed by atoms with E-state index in [0.717, 1.165) is 5.56 Å². The molecule has 1 aromatic rings.